The third-order valence-electron chi connectivity index (χ3n) is 12.2. The van der Waals surface area contributed by atoms with E-state index in [-0.39, 0.29) is 5.41 Å². The monoisotopic (exact) mass is 581 g/mol. The van der Waals surface area contributed by atoms with E-state index in [4.69, 9.17) is 0 Å². The maximum Gasteiger partial charge on any atom is 0.473 e. The summed E-state index contributed by atoms with van der Waals surface area (Å²) in [5.74, 6) is -0.410. The molecule has 3 aliphatic carbocycles. The van der Waals surface area contributed by atoms with Gasteiger partial charge < -0.3 is 0 Å². The van der Waals surface area contributed by atoms with E-state index < -0.39 is 5.79 Å². The van der Waals surface area contributed by atoms with Gasteiger partial charge in [-0.25, -0.2) is 4.90 Å². The molecule has 1 atom stereocenters. The Morgan fingerprint density at radius 2 is 1.50 bits per heavy atom. The topological polar surface area (TPSA) is 10.1 Å². The van der Waals surface area contributed by atoms with E-state index in [9.17, 15) is 0 Å². The molecular weight excluding hydrogens is 534 g/mol. The fourth-order valence-corrected chi connectivity index (χ4v) is 10.6. The molecule has 3 nitrogen and oxygen atoms in total. The minimum Gasteiger partial charge on any atom is -0.250 e. The lowest BCUT2D eigenvalue weighted by atomic mass is 9.68. The Bertz CT molecular complexity index is 1950. The first kappa shape index (κ1) is 26.9. The number of fused-ring (bicyclic) bond motifs is 4. The second-order valence-electron chi connectivity index (χ2n) is 15.2. The molecule has 3 heteroatoms. The summed E-state index contributed by atoms with van der Waals surface area (Å²) < 4.78 is 5.77. The van der Waals surface area contributed by atoms with Crippen molar-refractivity contribution >= 4 is 27.3 Å². The summed E-state index contributed by atoms with van der Waals surface area (Å²) in [6, 6.07) is 20.3. The van der Waals surface area contributed by atoms with Crippen molar-refractivity contribution in [2.75, 3.05) is 0 Å². The molecule has 0 bridgehead atoms. The molecule has 4 aromatic rings. The smallest absolute Gasteiger partial charge is 0.250 e. The van der Waals surface area contributed by atoms with Gasteiger partial charge in [-0.1, -0.05) is 81.5 Å². The number of allylic oxidation sites excluding steroid dienone is 2. The standard InChI is InChI=1S/C41H47N3/c1-26-19-20-30-25-42-39-37-35(22-21-29-13-12-18-34(36(29)37)40(4,5)38(39)33(30)23-26)41(42)43(31-14-8-6-9-15-31)27(2)24-28(3)44(41)32-16-10-7-11-17-32/h12-13,18-25,31-32H,6-11,14-17H2,1-5H3/q+2. The largest absolute Gasteiger partial charge is 0.473 e. The van der Waals surface area contributed by atoms with Crippen LogP contribution in [0.5, 0.6) is 0 Å². The summed E-state index contributed by atoms with van der Waals surface area (Å²) in [7, 11) is 0. The number of hydrogen-bond donors (Lipinski definition) is 0. The highest BCUT2D eigenvalue weighted by atomic mass is 15.5. The van der Waals surface area contributed by atoms with Crippen LogP contribution < -0.4 is 4.57 Å². The fourth-order valence-electron chi connectivity index (χ4n) is 10.6. The second kappa shape index (κ2) is 9.28. The molecule has 3 aromatic carbocycles. The molecule has 0 N–H and O–H groups in total. The maximum atomic E-state index is 2.94. The van der Waals surface area contributed by atoms with Crippen LogP contribution >= 0.6 is 0 Å². The Balaban J connectivity index is 1.51. The van der Waals surface area contributed by atoms with Gasteiger partial charge in [-0.2, -0.15) is 0 Å². The predicted molar refractivity (Wildman–Crippen MR) is 181 cm³/mol. The maximum absolute atomic E-state index is 2.94. The molecule has 3 heterocycles. The highest BCUT2D eigenvalue weighted by molar-refractivity contribution is 6.07. The van der Waals surface area contributed by atoms with Gasteiger partial charge in [0.1, 0.15) is 5.56 Å². The van der Waals surface area contributed by atoms with E-state index in [0.29, 0.717) is 12.1 Å². The lowest BCUT2D eigenvalue weighted by molar-refractivity contribution is -0.945. The van der Waals surface area contributed by atoms with Gasteiger partial charge in [0.2, 0.25) is 5.69 Å². The summed E-state index contributed by atoms with van der Waals surface area (Å²) in [5.41, 5.74) is 11.6. The summed E-state index contributed by atoms with van der Waals surface area (Å²) in [5, 5.41) is 5.65. The van der Waals surface area contributed by atoms with Gasteiger partial charge in [0.25, 0.3) is 0 Å². The zero-order valence-corrected chi connectivity index (χ0v) is 27.3. The van der Waals surface area contributed by atoms with Crippen molar-refractivity contribution in [1.29, 1.82) is 0 Å². The van der Waals surface area contributed by atoms with Crippen LogP contribution in [-0.4, -0.2) is 27.3 Å². The van der Waals surface area contributed by atoms with Gasteiger partial charge >= 0.3 is 5.79 Å². The van der Waals surface area contributed by atoms with Gasteiger partial charge in [0.15, 0.2) is 18.0 Å². The fraction of sp³-hybridized carbons (Fsp3) is 0.463. The Hall–Kier alpha value is -3.46. The van der Waals surface area contributed by atoms with Crippen LogP contribution in [0.2, 0.25) is 0 Å². The number of pyridine rings is 1. The molecule has 5 aliphatic rings. The van der Waals surface area contributed by atoms with Gasteiger partial charge in [-0.15, -0.1) is 9.14 Å². The quantitative estimate of drug-likeness (QED) is 0.215. The van der Waals surface area contributed by atoms with Crippen molar-refractivity contribution in [1.82, 2.24) is 4.90 Å². The van der Waals surface area contributed by atoms with E-state index in [0.717, 1.165) is 0 Å². The lowest BCUT2D eigenvalue weighted by Gasteiger charge is -2.45. The molecule has 0 saturated heterocycles. The minimum absolute atomic E-state index is 0.120. The van der Waals surface area contributed by atoms with Crippen molar-refractivity contribution in [2.24, 2.45) is 0 Å². The molecular formula is C41H47N3+2. The lowest BCUT2D eigenvalue weighted by Crippen LogP contribution is -2.75. The molecule has 0 amide bonds. The van der Waals surface area contributed by atoms with Crippen LogP contribution in [-0.2, 0) is 11.2 Å². The van der Waals surface area contributed by atoms with Crippen molar-refractivity contribution in [3.63, 3.8) is 0 Å². The average molecular weight is 582 g/mol. The van der Waals surface area contributed by atoms with E-state index in [2.05, 4.69) is 109 Å². The molecule has 1 spiro atoms. The Morgan fingerprint density at radius 3 is 2.27 bits per heavy atom. The number of aryl methyl sites for hydroxylation is 1. The Morgan fingerprint density at radius 1 is 0.773 bits per heavy atom. The SMILES string of the molecule is CC1=CC(C)=[N+](C2CCCCC2)C2(c3ccc4cccc5c4c3-c3c(c4cc(C)ccc4c[n+]32)C5(C)C)N1C1CCCCC1. The van der Waals surface area contributed by atoms with Crippen LogP contribution in [0, 0.1) is 6.92 Å². The molecule has 2 saturated carbocycles. The number of nitrogens with zero attached hydrogens (tertiary/aromatic N) is 3. The first-order chi connectivity index (χ1) is 21.3. The molecule has 224 valence electrons. The molecule has 2 aliphatic heterocycles. The van der Waals surface area contributed by atoms with Crippen molar-refractivity contribution in [2.45, 2.75) is 122 Å². The van der Waals surface area contributed by atoms with Gasteiger partial charge in [-0.05, 0) is 68.0 Å². The van der Waals surface area contributed by atoms with Crippen LogP contribution in [0.25, 0.3) is 32.8 Å². The first-order valence-electron chi connectivity index (χ1n) is 17.5. The molecule has 1 aromatic heterocycles. The molecule has 9 rings (SSSR count). The summed E-state index contributed by atoms with van der Waals surface area (Å²) in [6.45, 7) is 12.1. The van der Waals surface area contributed by atoms with Gasteiger partial charge in [-0.3, -0.25) is 0 Å². The average Bonchev–Trinajstić information content (AvgIpc) is 3.29. The zero-order chi connectivity index (χ0) is 30.0. The third kappa shape index (κ3) is 3.29. The van der Waals surface area contributed by atoms with E-state index >= 15 is 0 Å². The Kier molecular flexibility index (Phi) is 5.68. The summed E-state index contributed by atoms with van der Waals surface area (Å²) in [6.07, 6.45) is 18.3. The van der Waals surface area contributed by atoms with Crippen LogP contribution in [0.3, 0.4) is 0 Å². The van der Waals surface area contributed by atoms with Crippen molar-refractivity contribution in [3.8, 4) is 11.3 Å². The van der Waals surface area contributed by atoms with Crippen molar-refractivity contribution in [3.05, 3.63) is 88.8 Å². The summed E-state index contributed by atoms with van der Waals surface area (Å²) >= 11 is 0. The Labute approximate surface area is 262 Å². The normalized spacial score (nSPS) is 24.6. The molecule has 2 fully saturated rings. The van der Waals surface area contributed by atoms with Crippen LogP contribution in [0.4, 0.5) is 0 Å². The van der Waals surface area contributed by atoms with Gasteiger partial charge in [0, 0.05) is 59.3 Å². The van der Waals surface area contributed by atoms with E-state index in [1.807, 2.05) is 0 Å². The number of aromatic nitrogens is 1. The third-order valence-corrected chi connectivity index (χ3v) is 12.2. The minimum atomic E-state index is -0.410. The number of rotatable bonds is 2. The van der Waals surface area contributed by atoms with Gasteiger partial charge in [0.05, 0.1) is 5.56 Å². The first-order valence-corrected chi connectivity index (χ1v) is 17.5. The number of hydrogen-bond acceptors (Lipinski definition) is 1. The zero-order valence-electron chi connectivity index (χ0n) is 27.3. The molecule has 0 radical (unpaired) electrons. The highest BCUT2D eigenvalue weighted by Crippen LogP contribution is 2.57. The summed E-state index contributed by atoms with van der Waals surface area (Å²) in [4.78, 5) is 2.94. The van der Waals surface area contributed by atoms with E-state index in [1.165, 1.54) is 131 Å². The van der Waals surface area contributed by atoms with Crippen LogP contribution in [0.1, 0.15) is 114 Å². The predicted octanol–water partition coefficient (Wildman–Crippen LogP) is 9.23. The molecule has 44 heavy (non-hydrogen) atoms. The second-order valence-corrected chi connectivity index (χ2v) is 15.2. The highest BCUT2D eigenvalue weighted by Gasteiger charge is 2.71. The molecule has 1 unspecified atom stereocenters. The van der Waals surface area contributed by atoms with Crippen molar-refractivity contribution < 1.29 is 9.14 Å². The van der Waals surface area contributed by atoms with Crippen LogP contribution in [0.15, 0.2) is 66.5 Å². The van der Waals surface area contributed by atoms with E-state index in [1.54, 1.807) is 0 Å². The number of benzene rings is 3.